The Labute approximate surface area is 119 Å². The van der Waals surface area contributed by atoms with Crippen LogP contribution in [-0.2, 0) is 7.05 Å². The van der Waals surface area contributed by atoms with Crippen molar-refractivity contribution < 1.29 is 4.90 Å². The average Bonchev–Trinajstić information content (AvgIpc) is 2.78. The number of nitrogens with zero attached hydrogens (tertiary/aromatic N) is 2. The Kier molecular flexibility index (Phi) is 4.09. The number of para-hydroxylation sites is 2. The molecule has 0 bridgehead atoms. The minimum Gasteiger partial charge on any atom is -0.334 e. The highest BCUT2D eigenvalue weighted by atomic mass is 32.2. The summed E-state index contributed by atoms with van der Waals surface area (Å²) in [6.07, 6.45) is 4.25. The van der Waals surface area contributed by atoms with E-state index in [1.807, 2.05) is 11.8 Å². The van der Waals surface area contributed by atoms with Crippen LogP contribution in [0.3, 0.4) is 0 Å². The van der Waals surface area contributed by atoms with Crippen LogP contribution < -0.4 is 4.90 Å². The van der Waals surface area contributed by atoms with Gasteiger partial charge in [-0.05, 0) is 31.4 Å². The molecule has 1 aliphatic rings. The van der Waals surface area contributed by atoms with E-state index in [2.05, 4.69) is 35.9 Å². The van der Waals surface area contributed by atoms with Gasteiger partial charge in [-0.25, -0.2) is 4.98 Å². The Hall–Kier alpha value is -1.00. The zero-order chi connectivity index (χ0) is 13.1. The van der Waals surface area contributed by atoms with Crippen molar-refractivity contribution in [3.8, 4) is 0 Å². The smallest absolute Gasteiger partial charge is 0.168 e. The highest BCUT2D eigenvalue weighted by Gasteiger charge is 2.14. The first-order valence-corrected chi connectivity index (χ1v) is 8.21. The minimum absolute atomic E-state index is 1.11. The van der Waals surface area contributed by atoms with Crippen LogP contribution in [0, 0.1) is 0 Å². The molecule has 0 unspecified atom stereocenters. The number of nitrogens with one attached hydrogen (secondary N) is 1. The molecule has 0 amide bonds. The van der Waals surface area contributed by atoms with Gasteiger partial charge >= 0.3 is 0 Å². The highest BCUT2D eigenvalue weighted by Crippen LogP contribution is 2.21. The second-order valence-electron chi connectivity index (χ2n) is 5.35. The van der Waals surface area contributed by atoms with E-state index >= 15 is 0 Å². The number of fused-ring (bicyclic) bond motifs is 1. The third-order valence-corrected chi connectivity index (χ3v) is 5.03. The van der Waals surface area contributed by atoms with Crippen LogP contribution in [0.2, 0.25) is 0 Å². The molecule has 2 heterocycles. The Balaban J connectivity index is 1.60. The molecule has 1 saturated heterocycles. The zero-order valence-corrected chi connectivity index (χ0v) is 12.4. The van der Waals surface area contributed by atoms with E-state index in [1.165, 1.54) is 50.2 Å². The van der Waals surface area contributed by atoms with E-state index in [4.69, 9.17) is 4.98 Å². The molecule has 0 spiro atoms. The molecule has 19 heavy (non-hydrogen) atoms. The lowest BCUT2D eigenvalue weighted by atomic mass is 10.1. The number of rotatable bonds is 4. The summed E-state index contributed by atoms with van der Waals surface area (Å²) < 4.78 is 2.21. The van der Waals surface area contributed by atoms with E-state index < -0.39 is 0 Å². The zero-order valence-electron chi connectivity index (χ0n) is 11.6. The molecule has 0 atom stereocenters. The van der Waals surface area contributed by atoms with Gasteiger partial charge in [0, 0.05) is 7.05 Å². The lowest BCUT2D eigenvalue weighted by molar-refractivity contribution is -0.902. The summed E-state index contributed by atoms with van der Waals surface area (Å²) in [6, 6.07) is 8.37. The van der Waals surface area contributed by atoms with Crippen molar-refractivity contribution in [3.63, 3.8) is 0 Å². The molecule has 3 rings (SSSR count). The second kappa shape index (κ2) is 5.97. The summed E-state index contributed by atoms with van der Waals surface area (Å²) >= 11 is 1.90. The second-order valence-corrected chi connectivity index (χ2v) is 6.41. The van der Waals surface area contributed by atoms with Gasteiger partial charge in [0.15, 0.2) is 5.16 Å². The van der Waals surface area contributed by atoms with Gasteiger partial charge in [0.05, 0.1) is 36.4 Å². The van der Waals surface area contributed by atoms with E-state index in [9.17, 15) is 0 Å². The molecule has 1 N–H and O–H groups in total. The molecule has 0 radical (unpaired) electrons. The van der Waals surface area contributed by atoms with Gasteiger partial charge in [-0.3, -0.25) is 0 Å². The molecule has 0 saturated carbocycles. The summed E-state index contributed by atoms with van der Waals surface area (Å²) in [4.78, 5) is 6.49. The molecule has 0 aliphatic carbocycles. The summed E-state index contributed by atoms with van der Waals surface area (Å²) in [5.41, 5.74) is 2.34. The van der Waals surface area contributed by atoms with Crippen LogP contribution in [0.5, 0.6) is 0 Å². The van der Waals surface area contributed by atoms with Gasteiger partial charge in [-0.15, -0.1) is 0 Å². The molecule has 2 aromatic rings. The first-order chi connectivity index (χ1) is 9.34. The van der Waals surface area contributed by atoms with Gasteiger partial charge in [-0.2, -0.15) is 0 Å². The molecule has 4 heteroatoms. The normalized spacial score (nSPS) is 17.1. The SMILES string of the molecule is Cn1c(SCC[NH+]2CCCCC2)nc2ccccc21. The van der Waals surface area contributed by atoms with Crippen LogP contribution in [0.25, 0.3) is 11.0 Å². The molecule has 1 aromatic heterocycles. The summed E-state index contributed by atoms with van der Waals surface area (Å²) in [5, 5.41) is 1.15. The number of likely N-dealkylation sites (tertiary alicyclic amines) is 1. The number of quaternary nitrogens is 1. The van der Waals surface area contributed by atoms with Crippen LogP contribution in [0.15, 0.2) is 29.4 Å². The fourth-order valence-corrected chi connectivity index (χ4v) is 3.87. The number of aryl methyl sites for hydroxylation is 1. The average molecular weight is 276 g/mol. The van der Waals surface area contributed by atoms with E-state index in [-0.39, 0.29) is 0 Å². The first-order valence-electron chi connectivity index (χ1n) is 7.22. The maximum atomic E-state index is 4.71. The molecular formula is C15H22N3S+. The van der Waals surface area contributed by atoms with E-state index in [1.54, 1.807) is 4.90 Å². The molecular weight excluding hydrogens is 254 g/mol. The quantitative estimate of drug-likeness (QED) is 0.859. The number of hydrogen-bond donors (Lipinski definition) is 1. The van der Waals surface area contributed by atoms with Gasteiger partial charge in [0.25, 0.3) is 0 Å². The van der Waals surface area contributed by atoms with Crippen LogP contribution >= 0.6 is 11.8 Å². The molecule has 1 aliphatic heterocycles. The fraction of sp³-hybridized carbons (Fsp3) is 0.533. The van der Waals surface area contributed by atoms with Crippen molar-refractivity contribution in [1.29, 1.82) is 0 Å². The van der Waals surface area contributed by atoms with E-state index in [0.717, 1.165) is 10.7 Å². The van der Waals surface area contributed by atoms with Crippen molar-refractivity contribution in [2.45, 2.75) is 24.4 Å². The maximum absolute atomic E-state index is 4.71. The van der Waals surface area contributed by atoms with Crippen LogP contribution in [0.4, 0.5) is 0 Å². The Morgan fingerprint density at radius 2 is 2.00 bits per heavy atom. The van der Waals surface area contributed by atoms with E-state index in [0.29, 0.717) is 0 Å². The van der Waals surface area contributed by atoms with Crippen molar-refractivity contribution in [3.05, 3.63) is 24.3 Å². The summed E-state index contributed by atoms with van der Waals surface area (Å²) in [5.74, 6) is 1.17. The topological polar surface area (TPSA) is 22.3 Å². The number of benzene rings is 1. The summed E-state index contributed by atoms with van der Waals surface area (Å²) in [7, 11) is 2.12. The van der Waals surface area contributed by atoms with Crippen LogP contribution in [0.1, 0.15) is 19.3 Å². The Morgan fingerprint density at radius 3 is 2.79 bits per heavy atom. The Morgan fingerprint density at radius 1 is 1.21 bits per heavy atom. The lowest BCUT2D eigenvalue weighted by Crippen LogP contribution is -3.13. The standard InChI is InChI=1S/C15H21N3S/c1-17-14-8-4-3-7-13(14)16-15(17)19-12-11-18-9-5-2-6-10-18/h3-4,7-8H,2,5-6,9-12H2,1H3/p+1. The highest BCUT2D eigenvalue weighted by molar-refractivity contribution is 7.99. The van der Waals surface area contributed by atoms with Gasteiger partial charge < -0.3 is 9.47 Å². The predicted molar refractivity (Wildman–Crippen MR) is 80.9 cm³/mol. The number of thioether (sulfide) groups is 1. The lowest BCUT2D eigenvalue weighted by Gasteiger charge is -2.23. The number of imidazole rings is 1. The van der Waals surface area contributed by atoms with Crippen molar-refractivity contribution in [2.75, 3.05) is 25.4 Å². The third-order valence-electron chi connectivity index (χ3n) is 3.99. The molecule has 1 aromatic carbocycles. The first kappa shape index (κ1) is 13.0. The van der Waals surface area contributed by atoms with Crippen molar-refractivity contribution in [2.24, 2.45) is 7.05 Å². The maximum Gasteiger partial charge on any atom is 0.168 e. The Bertz CT molecular complexity index is 543. The molecule has 1 fully saturated rings. The molecule has 102 valence electrons. The predicted octanol–water partition coefficient (Wildman–Crippen LogP) is 1.73. The number of aromatic nitrogens is 2. The van der Waals surface area contributed by atoms with Crippen LogP contribution in [-0.4, -0.2) is 34.9 Å². The van der Waals surface area contributed by atoms with Gasteiger partial charge in [0.1, 0.15) is 0 Å². The molecule has 3 nitrogen and oxygen atoms in total. The van der Waals surface area contributed by atoms with Gasteiger partial charge in [-0.1, -0.05) is 23.9 Å². The summed E-state index contributed by atoms with van der Waals surface area (Å²) in [6.45, 7) is 4.00. The largest absolute Gasteiger partial charge is 0.334 e. The fourth-order valence-electron chi connectivity index (χ4n) is 2.84. The van der Waals surface area contributed by atoms with Crippen molar-refractivity contribution in [1.82, 2.24) is 9.55 Å². The number of piperidine rings is 1. The minimum atomic E-state index is 1.11. The monoisotopic (exact) mass is 276 g/mol. The third kappa shape index (κ3) is 2.95. The van der Waals surface area contributed by atoms with Crippen molar-refractivity contribution >= 4 is 22.8 Å². The van der Waals surface area contributed by atoms with Gasteiger partial charge in [0.2, 0.25) is 0 Å². The number of hydrogen-bond acceptors (Lipinski definition) is 2.